The first-order valence-corrected chi connectivity index (χ1v) is 10.1. The molecule has 1 fully saturated rings. The van der Waals surface area contributed by atoms with E-state index in [9.17, 15) is 0 Å². The standard InChI is InChI=1S/C23H23N5O2/c1-29-20-9-11-28(15-20)14-18-4-2-16-12-19(5-6-21(16)26-18)30-23-7-3-17(13-24-23)22-8-10-25-27-22/h2-8,10,12-13,20H,9,11,14-15H2,1H3,(H,25,27). The van der Waals surface area contributed by atoms with Gasteiger partial charge in [-0.15, -0.1) is 0 Å². The summed E-state index contributed by atoms with van der Waals surface area (Å²) in [6.45, 7) is 2.87. The lowest BCUT2D eigenvalue weighted by Gasteiger charge is -2.15. The number of pyridine rings is 2. The summed E-state index contributed by atoms with van der Waals surface area (Å²) in [5, 5.41) is 7.93. The molecule has 0 saturated carbocycles. The zero-order valence-electron chi connectivity index (χ0n) is 16.8. The van der Waals surface area contributed by atoms with Gasteiger partial charge in [-0.05, 0) is 42.8 Å². The highest BCUT2D eigenvalue weighted by Gasteiger charge is 2.22. The molecular formula is C23H23N5O2. The Morgan fingerprint density at radius 1 is 1.13 bits per heavy atom. The summed E-state index contributed by atoms with van der Waals surface area (Å²) in [5.41, 5.74) is 3.92. The zero-order valence-corrected chi connectivity index (χ0v) is 16.8. The van der Waals surface area contributed by atoms with Crippen molar-refractivity contribution in [3.05, 3.63) is 66.6 Å². The van der Waals surface area contributed by atoms with E-state index in [1.165, 1.54) is 0 Å². The number of hydrogen-bond acceptors (Lipinski definition) is 6. The number of methoxy groups -OCH3 is 1. The predicted octanol–water partition coefficient (Wildman–Crippen LogP) is 4.03. The third-order valence-electron chi connectivity index (χ3n) is 5.44. The van der Waals surface area contributed by atoms with Crippen molar-refractivity contribution in [2.45, 2.75) is 19.1 Å². The van der Waals surface area contributed by atoms with Crippen molar-refractivity contribution in [1.29, 1.82) is 0 Å². The van der Waals surface area contributed by atoms with Crippen molar-refractivity contribution >= 4 is 10.9 Å². The van der Waals surface area contributed by atoms with Crippen molar-refractivity contribution in [2.24, 2.45) is 0 Å². The number of aromatic nitrogens is 4. The maximum atomic E-state index is 5.93. The van der Waals surface area contributed by atoms with Crippen LogP contribution in [-0.4, -0.2) is 51.4 Å². The largest absolute Gasteiger partial charge is 0.439 e. The molecule has 1 unspecified atom stereocenters. The highest BCUT2D eigenvalue weighted by atomic mass is 16.5. The van der Waals surface area contributed by atoms with E-state index in [-0.39, 0.29) is 0 Å². The molecule has 1 atom stereocenters. The molecule has 0 bridgehead atoms. The van der Waals surface area contributed by atoms with Gasteiger partial charge in [-0.3, -0.25) is 15.0 Å². The highest BCUT2D eigenvalue weighted by Crippen LogP contribution is 2.26. The average molecular weight is 401 g/mol. The van der Waals surface area contributed by atoms with Crippen LogP contribution in [0.2, 0.25) is 0 Å². The lowest BCUT2D eigenvalue weighted by Crippen LogP contribution is -2.22. The summed E-state index contributed by atoms with van der Waals surface area (Å²) >= 11 is 0. The number of fused-ring (bicyclic) bond motifs is 1. The Balaban J connectivity index is 1.28. The first kappa shape index (κ1) is 18.7. The van der Waals surface area contributed by atoms with E-state index in [1.54, 1.807) is 19.5 Å². The number of hydrogen-bond donors (Lipinski definition) is 1. The molecule has 7 nitrogen and oxygen atoms in total. The third kappa shape index (κ3) is 4.03. The number of benzene rings is 1. The van der Waals surface area contributed by atoms with E-state index in [4.69, 9.17) is 14.5 Å². The van der Waals surface area contributed by atoms with Crippen molar-refractivity contribution in [3.63, 3.8) is 0 Å². The van der Waals surface area contributed by atoms with Crippen LogP contribution in [0.5, 0.6) is 11.6 Å². The van der Waals surface area contributed by atoms with E-state index >= 15 is 0 Å². The Morgan fingerprint density at radius 3 is 2.87 bits per heavy atom. The van der Waals surface area contributed by atoms with E-state index in [0.717, 1.165) is 59.7 Å². The third-order valence-corrected chi connectivity index (χ3v) is 5.44. The number of nitrogens with zero attached hydrogens (tertiary/aromatic N) is 4. The quantitative estimate of drug-likeness (QED) is 0.526. The predicted molar refractivity (Wildman–Crippen MR) is 114 cm³/mol. The Kier molecular flexibility index (Phi) is 5.13. The number of likely N-dealkylation sites (tertiary alicyclic amines) is 1. The molecule has 3 aromatic heterocycles. The molecule has 1 aromatic carbocycles. The molecule has 1 saturated heterocycles. The summed E-state index contributed by atoms with van der Waals surface area (Å²) in [5.74, 6) is 1.28. The molecule has 0 amide bonds. The van der Waals surface area contributed by atoms with Crippen LogP contribution in [0.1, 0.15) is 12.1 Å². The van der Waals surface area contributed by atoms with E-state index < -0.39 is 0 Å². The Labute approximate surface area is 174 Å². The van der Waals surface area contributed by atoms with Gasteiger partial charge in [0.25, 0.3) is 0 Å². The number of ether oxygens (including phenoxy) is 2. The first-order chi connectivity index (χ1) is 14.8. The minimum Gasteiger partial charge on any atom is -0.439 e. The van der Waals surface area contributed by atoms with Gasteiger partial charge in [0.05, 0.1) is 23.0 Å². The van der Waals surface area contributed by atoms with Gasteiger partial charge in [-0.1, -0.05) is 6.07 Å². The van der Waals surface area contributed by atoms with Gasteiger partial charge in [0.1, 0.15) is 5.75 Å². The molecule has 30 heavy (non-hydrogen) atoms. The van der Waals surface area contributed by atoms with Crippen LogP contribution in [-0.2, 0) is 11.3 Å². The summed E-state index contributed by atoms with van der Waals surface area (Å²) < 4.78 is 11.4. The van der Waals surface area contributed by atoms with Crippen molar-refractivity contribution in [1.82, 2.24) is 25.1 Å². The van der Waals surface area contributed by atoms with Crippen LogP contribution >= 0.6 is 0 Å². The van der Waals surface area contributed by atoms with Crippen LogP contribution < -0.4 is 4.74 Å². The molecule has 152 valence electrons. The molecule has 0 aliphatic carbocycles. The zero-order chi connectivity index (χ0) is 20.3. The molecule has 1 N–H and O–H groups in total. The van der Waals surface area contributed by atoms with E-state index in [1.807, 2.05) is 36.4 Å². The molecule has 5 rings (SSSR count). The minimum absolute atomic E-state index is 0.340. The fourth-order valence-corrected chi connectivity index (χ4v) is 3.80. The Bertz CT molecular complexity index is 1130. The van der Waals surface area contributed by atoms with Crippen molar-refractivity contribution in [3.8, 4) is 22.9 Å². The van der Waals surface area contributed by atoms with Crippen LogP contribution in [0.3, 0.4) is 0 Å². The Morgan fingerprint density at radius 2 is 2.10 bits per heavy atom. The second-order valence-corrected chi connectivity index (χ2v) is 7.50. The van der Waals surface area contributed by atoms with E-state index in [2.05, 4.69) is 32.2 Å². The molecule has 4 heterocycles. The number of rotatable bonds is 6. The minimum atomic E-state index is 0.340. The number of nitrogens with one attached hydrogen (secondary N) is 1. The second kappa shape index (κ2) is 8.22. The molecule has 0 radical (unpaired) electrons. The molecule has 1 aliphatic heterocycles. The van der Waals surface area contributed by atoms with Crippen LogP contribution in [0.25, 0.3) is 22.2 Å². The lowest BCUT2D eigenvalue weighted by molar-refractivity contribution is 0.107. The fourth-order valence-electron chi connectivity index (χ4n) is 3.80. The van der Waals surface area contributed by atoms with Crippen LogP contribution in [0, 0.1) is 0 Å². The maximum absolute atomic E-state index is 5.93. The van der Waals surface area contributed by atoms with Gasteiger partial charge in [0.15, 0.2) is 0 Å². The smallest absolute Gasteiger partial charge is 0.219 e. The molecule has 1 aliphatic rings. The van der Waals surface area contributed by atoms with Gasteiger partial charge in [-0.2, -0.15) is 5.10 Å². The van der Waals surface area contributed by atoms with Crippen LogP contribution in [0.4, 0.5) is 0 Å². The topological polar surface area (TPSA) is 76.2 Å². The van der Waals surface area contributed by atoms with E-state index in [0.29, 0.717) is 12.0 Å². The SMILES string of the molecule is COC1CCN(Cc2ccc3cc(Oc4ccc(-c5ccn[nH]5)cn4)ccc3n2)C1. The fraction of sp³-hybridized carbons (Fsp3) is 0.261. The highest BCUT2D eigenvalue weighted by molar-refractivity contribution is 5.80. The second-order valence-electron chi connectivity index (χ2n) is 7.50. The molecular weight excluding hydrogens is 378 g/mol. The van der Waals surface area contributed by atoms with Gasteiger partial charge < -0.3 is 9.47 Å². The summed E-state index contributed by atoms with van der Waals surface area (Å²) in [6, 6.07) is 15.8. The van der Waals surface area contributed by atoms with Crippen molar-refractivity contribution < 1.29 is 9.47 Å². The summed E-state index contributed by atoms with van der Waals surface area (Å²) in [4.78, 5) is 11.6. The van der Waals surface area contributed by atoms with Gasteiger partial charge >= 0.3 is 0 Å². The Hall–Kier alpha value is -3.29. The normalized spacial score (nSPS) is 16.9. The molecule has 0 spiro atoms. The van der Waals surface area contributed by atoms with Crippen molar-refractivity contribution in [2.75, 3.05) is 20.2 Å². The summed E-state index contributed by atoms with van der Waals surface area (Å²) in [7, 11) is 1.78. The molecule has 7 heteroatoms. The molecule has 4 aromatic rings. The monoisotopic (exact) mass is 401 g/mol. The van der Waals surface area contributed by atoms with Gasteiger partial charge in [0, 0.05) is 56.2 Å². The van der Waals surface area contributed by atoms with Gasteiger partial charge in [0.2, 0.25) is 5.88 Å². The number of aromatic amines is 1. The van der Waals surface area contributed by atoms with Crippen LogP contribution in [0.15, 0.2) is 60.9 Å². The lowest BCUT2D eigenvalue weighted by atomic mass is 10.2. The average Bonchev–Trinajstić information content (AvgIpc) is 3.47. The van der Waals surface area contributed by atoms with Gasteiger partial charge in [-0.25, -0.2) is 4.98 Å². The summed E-state index contributed by atoms with van der Waals surface area (Å²) in [6.07, 6.45) is 4.91. The maximum Gasteiger partial charge on any atom is 0.219 e. The number of H-pyrrole nitrogens is 1. The first-order valence-electron chi connectivity index (χ1n) is 10.1.